The molecule has 1 amide bonds. The highest BCUT2D eigenvalue weighted by Crippen LogP contribution is 2.47. The molecule has 0 bridgehead atoms. The molecule has 1 aliphatic heterocycles. The standard InChI is InChI=1S/C22H20N2O5S2/c25-22(23-26)17(12-10-15-6-2-1-3-7-15)24-31(27,28)16-11-13-19-21(14-16)30-20-9-5-4-8-18(20)29-19/h1-9,11,13-14,17,24,26H,10,12H2,(H,23,25). The lowest BCUT2D eigenvalue weighted by molar-refractivity contribution is -0.131. The summed E-state index contributed by atoms with van der Waals surface area (Å²) < 4.78 is 34.2. The average Bonchev–Trinajstić information content (AvgIpc) is 2.80. The van der Waals surface area contributed by atoms with Gasteiger partial charge in [-0.15, -0.1) is 0 Å². The molecule has 4 rings (SSSR count). The predicted molar refractivity (Wildman–Crippen MR) is 116 cm³/mol. The first kappa shape index (κ1) is 21.4. The predicted octanol–water partition coefficient (Wildman–Crippen LogP) is 3.73. The van der Waals surface area contributed by atoms with Gasteiger partial charge in [0.05, 0.1) is 14.7 Å². The molecule has 0 aromatic heterocycles. The van der Waals surface area contributed by atoms with Crippen molar-refractivity contribution < 1.29 is 23.2 Å². The molecule has 31 heavy (non-hydrogen) atoms. The molecule has 0 fully saturated rings. The van der Waals surface area contributed by atoms with E-state index in [9.17, 15) is 13.2 Å². The van der Waals surface area contributed by atoms with Gasteiger partial charge in [-0.05, 0) is 48.7 Å². The van der Waals surface area contributed by atoms with Crippen molar-refractivity contribution in [2.75, 3.05) is 0 Å². The lowest BCUT2D eigenvalue weighted by Crippen LogP contribution is -2.46. The molecule has 3 N–H and O–H groups in total. The molecule has 3 aromatic rings. The normalized spacial score (nSPS) is 13.5. The van der Waals surface area contributed by atoms with Crippen molar-refractivity contribution in [3.63, 3.8) is 0 Å². The third-order valence-electron chi connectivity index (χ3n) is 4.80. The van der Waals surface area contributed by atoms with Crippen LogP contribution in [0.3, 0.4) is 0 Å². The maximum Gasteiger partial charge on any atom is 0.261 e. The molecule has 1 atom stereocenters. The van der Waals surface area contributed by atoms with Gasteiger partial charge in [-0.2, -0.15) is 4.72 Å². The largest absolute Gasteiger partial charge is 0.455 e. The number of carbonyl (C=O) groups is 1. The van der Waals surface area contributed by atoms with Crippen LogP contribution in [0.15, 0.2) is 87.5 Å². The first-order chi connectivity index (χ1) is 15.0. The van der Waals surface area contributed by atoms with Gasteiger partial charge in [-0.25, -0.2) is 13.9 Å². The maximum absolute atomic E-state index is 13.0. The Morgan fingerprint density at radius 1 is 0.968 bits per heavy atom. The summed E-state index contributed by atoms with van der Waals surface area (Å²) in [5.74, 6) is 0.467. The first-order valence-electron chi connectivity index (χ1n) is 9.55. The molecule has 0 saturated heterocycles. The highest BCUT2D eigenvalue weighted by Gasteiger charge is 2.27. The topological polar surface area (TPSA) is 105 Å². The molecule has 0 saturated carbocycles. The number of nitrogens with one attached hydrogen (secondary N) is 2. The zero-order valence-corrected chi connectivity index (χ0v) is 17.9. The molecule has 0 aliphatic carbocycles. The molecule has 0 spiro atoms. The monoisotopic (exact) mass is 456 g/mol. The maximum atomic E-state index is 13.0. The Balaban J connectivity index is 1.53. The number of hydrogen-bond donors (Lipinski definition) is 3. The molecule has 160 valence electrons. The molecule has 1 unspecified atom stereocenters. The molecule has 7 nitrogen and oxygen atoms in total. The molecule has 1 aliphatic rings. The Labute approximate surface area is 184 Å². The van der Waals surface area contributed by atoms with Gasteiger partial charge in [-0.1, -0.05) is 54.2 Å². The quantitative estimate of drug-likeness (QED) is 0.289. The molecular weight excluding hydrogens is 436 g/mol. The molecule has 1 heterocycles. The van der Waals surface area contributed by atoms with Crippen LogP contribution in [-0.4, -0.2) is 25.6 Å². The van der Waals surface area contributed by atoms with Crippen molar-refractivity contribution in [1.29, 1.82) is 0 Å². The van der Waals surface area contributed by atoms with E-state index in [1.54, 1.807) is 11.5 Å². The number of rotatable bonds is 7. The number of benzene rings is 3. The zero-order valence-electron chi connectivity index (χ0n) is 16.3. The molecular formula is C22H20N2O5S2. The van der Waals surface area contributed by atoms with Crippen molar-refractivity contribution in [2.24, 2.45) is 0 Å². The van der Waals surface area contributed by atoms with Gasteiger partial charge in [0.2, 0.25) is 10.0 Å². The van der Waals surface area contributed by atoms with E-state index < -0.39 is 22.0 Å². The molecule has 3 aromatic carbocycles. The summed E-state index contributed by atoms with van der Waals surface area (Å²) in [5.41, 5.74) is 2.50. The smallest absolute Gasteiger partial charge is 0.261 e. The van der Waals surface area contributed by atoms with Crippen LogP contribution >= 0.6 is 11.8 Å². The van der Waals surface area contributed by atoms with E-state index in [0.29, 0.717) is 22.8 Å². The van der Waals surface area contributed by atoms with Crippen LogP contribution in [0.2, 0.25) is 0 Å². The van der Waals surface area contributed by atoms with Gasteiger partial charge in [0.15, 0.2) is 0 Å². The van der Waals surface area contributed by atoms with E-state index in [0.717, 1.165) is 10.5 Å². The highest BCUT2D eigenvalue weighted by molar-refractivity contribution is 7.99. The van der Waals surface area contributed by atoms with Crippen molar-refractivity contribution in [1.82, 2.24) is 10.2 Å². The van der Waals surface area contributed by atoms with Gasteiger partial charge in [0.1, 0.15) is 17.5 Å². The average molecular weight is 457 g/mol. The summed E-state index contributed by atoms with van der Waals surface area (Å²) in [4.78, 5) is 13.7. The Morgan fingerprint density at radius 2 is 1.68 bits per heavy atom. The van der Waals surface area contributed by atoms with Gasteiger partial charge in [-0.3, -0.25) is 10.0 Å². The number of fused-ring (bicyclic) bond motifs is 2. The number of hydroxylamine groups is 1. The van der Waals surface area contributed by atoms with Gasteiger partial charge >= 0.3 is 0 Å². The number of hydrogen-bond acceptors (Lipinski definition) is 6. The highest BCUT2D eigenvalue weighted by atomic mass is 32.2. The van der Waals surface area contributed by atoms with E-state index in [4.69, 9.17) is 9.94 Å². The van der Waals surface area contributed by atoms with Crippen LogP contribution in [0.25, 0.3) is 0 Å². The second-order valence-corrected chi connectivity index (χ2v) is 9.73. The number of para-hydroxylation sites is 1. The van der Waals surface area contributed by atoms with Gasteiger partial charge in [0, 0.05) is 0 Å². The minimum absolute atomic E-state index is 0.0113. The Hall–Kier alpha value is -2.85. The number of amides is 1. The lowest BCUT2D eigenvalue weighted by Gasteiger charge is -2.21. The van der Waals surface area contributed by atoms with Crippen LogP contribution in [0.4, 0.5) is 0 Å². The van der Waals surface area contributed by atoms with Gasteiger partial charge < -0.3 is 4.74 Å². The van der Waals surface area contributed by atoms with Crippen molar-refractivity contribution in [3.8, 4) is 11.5 Å². The Kier molecular flexibility index (Phi) is 6.28. The number of carbonyl (C=O) groups excluding carboxylic acids is 1. The summed E-state index contributed by atoms with van der Waals surface area (Å²) in [5, 5.41) is 9.07. The lowest BCUT2D eigenvalue weighted by atomic mass is 10.1. The van der Waals surface area contributed by atoms with Gasteiger partial charge in [0.25, 0.3) is 5.91 Å². The SMILES string of the molecule is O=C(NO)C(CCc1ccccc1)NS(=O)(=O)c1ccc2c(c1)Sc1ccccc1O2. The van der Waals surface area contributed by atoms with Crippen LogP contribution in [0.5, 0.6) is 11.5 Å². The second kappa shape index (κ2) is 9.11. The van der Waals surface area contributed by atoms with E-state index >= 15 is 0 Å². The minimum Gasteiger partial charge on any atom is -0.455 e. The number of sulfonamides is 1. The molecule has 9 heteroatoms. The number of ether oxygens (including phenoxy) is 1. The Bertz CT molecular complexity index is 1200. The summed E-state index contributed by atoms with van der Waals surface area (Å²) in [6.07, 6.45) is 0.651. The van der Waals surface area contributed by atoms with Crippen LogP contribution in [0, 0.1) is 0 Å². The Morgan fingerprint density at radius 3 is 2.45 bits per heavy atom. The fourth-order valence-corrected chi connectivity index (χ4v) is 5.53. The van der Waals surface area contributed by atoms with E-state index in [2.05, 4.69) is 4.72 Å². The summed E-state index contributed by atoms with van der Waals surface area (Å²) in [6, 6.07) is 20.3. The van der Waals surface area contributed by atoms with Crippen molar-refractivity contribution in [3.05, 3.63) is 78.4 Å². The number of aryl methyl sites for hydroxylation is 1. The van der Waals surface area contributed by atoms with E-state index in [1.165, 1.54) is 23.9 Å². The second-order valence-electron chi connectivity index (χ2n) is 6.93. The summed E-state index contributed by atoms with van der Waals surface area (Å²) in [7, 11) is -4.02. The minimum atomic E-state index is -4.02. The summed E-state index contributed by atoms with van der Waals surface area (Å²) >= 11 is 1.41. The van der Waals surface area contributed by atoms with E-state index in [1.807, 2.05) is 54.6 Å². The summed E-state index contributed by atoms with van der Waals surface area (Å²) in [6.45, 7) is 0. The molecule has 0 radical (unpaired) electrons. The first-order valence-corrected chi connectivity index (χ1v) is 11.9. The van der Waals surface area contributed by atoms with Crippen LogP contribution in [-0.2, 0) is 21.2 Å². The van der Waals surface area contributed by atoms with Crippen LogP contribution < -0.4 is 14.9 Å². The van der Waals surface area contributed by atoms with Crippen molar-refractivity contribution >= 4 is 27.7 Å². The fourth-order valence-electron chi connectivity index (χ4n) is 3.21. The van der Waals surface area contributed by atoms with Crippen LogP contribution in [0.1, 0.15) is 12.0 Å². The third-order valence-corrected chi connectivity index (χ3v) is 7.37. The zero-order chi connectivity index (χ0) is 21.8. The third kappa shape index (κ3) is 4.91. The van der Waals surface area contributed by atoms with Crippen molar-refractivity contribution in [2.45, 2.75) is 33.6 Å². The fraction of sp³-hybridized carbons (Fsp3) is 0.136. The van der Waals surface area contributed by atoms with E-state index in [-0.39, 0.29) is 11.3 Å².